The van der Waals surface area contributed by atoms with Gasteiger partial charge >= 0.3 is 0 Å². The normalized spacial score (nSPS) is 43.5. The highest BCUT2D eigenvalue weighted by Crippen LogP contribution is 2.38. The van der Waals surface area contributed by atoms with Crippen molar-refractivity contribution in [1.82, 2.24) is 0 Å². The zero-order chi connectivity index (χ0) is 6.36. The summed E-state index contributed by atoms with van der Waals surface area (Å²) in [7, 11) is 0. The zero-order valence-corrected chi connectivity index (χ0v) is 5.39. The number of hydrogen-bond acceptors (Lipinski definition) is 2. The Hall–Kier alpha value is -0.0800. The van der Waals surface area contributed by atoms with Crippen LogP contribution in [0, 0.1) is 5.41 Å². The van der Waals surface area contributed by atoms with Gasteiger partial charge in [0.25, 0.3) is 0 Å². The second-order valence-corrected chi connectivity index (χ2v) is 3.18. The van der Waals surface area contributed by atoms with Crippen LogP contribution in [0.3, 0.4) is 0 Å². The smallest absolute Gasteiger partial charge is 0.0620 e. The van der Waals surface area contributed by atoms with Crippen molar-refractivity contribution in [3.05, 3.63) is 0 Å². The summed E-state index contributed by atoms with van der Waals surface area (Å²) in [4.78, 5) is 0. The van der Waals surface area contributed by atoms with Gasteiger partial charge in [-0.1, -0.05) is 13.8 Å². The number of hydrogen-bond donors (Lipinski definition) is 2. The highest BCUT2D eigenvalue weighted by atomic mass is 16.3. The standard InChI is InChI=1S/C6H13NO/c1-6(2)4(7)3-5(6)8/h4-5,8H,3,7H2,1-2H3/t4-,5-/m0/s1. The maximum Gasteiger partial charge on any atom is 0.0620 e. The molecular weight excluding hydrogens is 102 g/mol. The molecule has 0 bridgehead atoms. The third-order valence-electron chi connectivity index (χ3n) is 2.29. The predicted octanol–water partition coefficient (Wildman–Crippen LogP) is 0.104. The Bertz CT molecular complexity index is 90.7. The van der Waals surface area contributed by atoms with Gasteiger partial charge in [-0.25, -0.2) is 0 Å². The molecule has 0 spiro atoms. The summed E-state index contributed by atoms with van der Waals surface area (Å²) in [6.07, 6.45) is 0.602. The highest BCUT2D eigenvalue weighted by Gasteiger charge is 2.44. The van der Waals surface area contributed by atoms with Gasteiger partial charge in [-0.05, 0) is 6.42 Å². The fraction of sp³-hybridized carbons (Fsp3) is 1.00. The summed E-state index contributed by atoms with van der Waals surface area (Å²) >= 11 is 0. The summed E-state index contributed by atoms with van der Waals surface area (Å²) in [5.41, 5.74) is 5.56. The Morgan fingerprint density at radius 3 is 2.12 bits per heavy atom. The van der Waals surface area contributed by atoms with Crippen LogP contribution in [0.2, 0.25) is 0 Å². The lowest BCUT2D eigenvalue weighted by Gasteiger charge is -2.47. The van der Waals surface area contributed by atoms with Crippen LogP contribution < -0.4 is 5.73 Å². The molecule has 0 aromatic rings. The van der Waals surface area contributed by atoms with Crippen molar-refractivity contribution < 1.29 is 5.11 Å². The van der Waals surface area contributed by atoms with E-state index >= 15 is 0 Å². The van der Waals surface area contributed by atoms with Crippen molar-refractivity contribution in [2.24, 2.45) is 11.1 Å². The van der Waals surface area contributed by atoms with Crippen molar-refractivity contribution >= 4 is 0 Å². The molecule has 2 atom stereocenters. The van der Waals surface area contributed by atoms with Crippen molar-refractivity contribution in [2.75, 3.05) is 0 Å². The molecule has 1 aliphatic carbocycles. The molecule has 0 saturated heterocycles. The van der Waals surface area contributed by atoms with Gasteiger partial charge in [0.15, 0.2) is 0 Å². The van der Waals surface area contributed by atoms with Crippen LogP contribution in [0.1, 0.15) is 20.3 Å². The average Bonchev–Trinajstić information content (AvgIpc) is 1.68. The largest absolute Gasteiger partial charge is 0.392 e. The first-order valence-electron chi connectivity index (χ1n) is 2.99. The third-order valence-corrected chi connectivity index (χ3v) is 2.29. The average molecular weight is 115 g/mol. The van der Waals surface area contributed by atoms with E-state index in [0.29, 0.717) is 0 Å². The minimum absolute atomic E-state index is 0.0278. The molecule has 1 aliphatic rings. The first-order chi connectivity index (χ1) is 3.55. The van der Waals surface area contributed by atoms with Crippen LogP contribution >= 0.6 is 0 Å². The van der Waals surface area contributed by atoms with Crippen molar-refractivity contribution in [1.29, 1.82) is 0 Å². The SMILES string of the molecule is CC1(C)[C@@H](N)C[C@@H]1O. The van der Waals surface area contributed by atoms with E-state index in [0.717, 1.165) is 6.42 Å². The molecular formula is C6H13NO. The van der Waals surface area contributed by atoms with Crippen molar-refractivity contribution in [3.63, 3.8) is 0 Å². The van der Waals surface area contributed by atoms with Gasteiger partial charge in [-0.15, -0.1) is 0 Å². The second-order valence-electron chi connectivity index (χ2n) is 3.18. The van der Waals surface area contributed by atoms with E-state index in [1.165, 1.54) is 0 Å². The van der Waals surface area contributed by atoms with Gasteiger partial charge in [-0.2, -0.15) is 0 Å². The van der Waals surface area contributed by atoms with E-state index in [2.05, 4.69) is 0 Å². The Labute approximate surface area is 49.7 Å². The minimum Gasteiger partial charge on any atom is -0.392 e. The van der Waals surface area contributed by atoms with Crippen LogP contribution in [0.5, 0.6) is 0 Å². The molecule has 8 heavy (non-hydrogen) atoms. The molecule has 2 nitrogen and oxygen atoms in total. The van der Waals surface area contributed by atoms with Crippen LogP contribution in [0.4, 0.5) is 0 Å². The molecule has 3 N–H and O–H groups in total. The van der Waals surface area contributed by atoms with Gasteiger partial charge in [-0.3, -0.25) is 0 Å². The van der Waals surface area contributed by atoms with Gasteiger partial charge in [0.2, 0.25) is 0 Å². The van der Waals surface area contributed by atoms with Crippen LogP contribution in [-0.4, -0.2) is 17.3 Å². The molecule has 0 aromatic carbocycles. The van der Waals surface area contributed by atoms with Gasteiger partial charge in [0.05, 0.1) is 6.10 Å². The van der Waals surface area contributed by atoms with Gasteiger partial charge < -0.3 is 10.8 Å². The summed E-state index contributed by atoms with van der Waals surface area (Å²) in [6.45, 7) is 3.98. The fourth-order valence-electron chi connectivity index (χ4n) is 0.935. The van der Waals surface area contributed by atoms with E-state index in [-0.39, 0.29) is 17.6 Å². The Morgan fingerprint density at radius 1 is 1.62 bits per heavy atom. The monoisotopic (exact) mass is 115 g/mol. The quantitative estimate of drug-likeness (QED) is 0.470. The number of rotatable bonds is 0. The van der Waals surface area contributed by atoms with Gasteiger partial charge in [0.1, 0.15) is 0 Å². The van der Waals surface area contributed by atoms with Crippen LogP contribution in [-0.2, 0) is 0 Å². The van der Waals surface area contributed by atoms with Crippen molar-refractivity contribution in [2.45, 2.75) is 32.4 Å². The molecule has 1 rings (SSSR count). The van der Waals surface area contributed by atoms with Crippen LogP contribution in [0.25, 0.3) is 0 Å². The molecule has 48 valence electrons. The molecule has 1 fully saturated rings. The summed E-state index contributed by atoms with van der Waals surface area (Å²) in [6, 6.07) is 0.206. The lowest BCUT2D eigenvalue weighted by atomic mass is 9.65. The molecule has 1 saturated carbocycles. The second kappa shape index (κ2) is 1.45. The highest BCUT2D eigenvalue weighted by molar-refractivity contribution is 4.99. The maximum atomic E-state index is 9.07. The summed E-state index contributed by atoms with van der Waals surface area (Å²) in [5.74, 6) is 0. The van der Waals surface area contributed by atoms with E-state index in [1.807, 2.05) is 13.8 Å². The van der Waals surface area contributed by atoms with E-state index < -0.39 is 0 Å². The third kappa shape index (κ3) is 0.565. The topological polar surface area (TPSA) is 46.2 Å². The maximum absolute atomic E-state index is 9.07. The molecule has 2 heteroatoms. The van der Waals surface area contributed by atoms with E-state index in [1.54, 1.807) is 0 Å². The van der Waals surface area contributed by atoms with E-state index in [9.17, 15) is 0 Å². The first kappa shape index (κ1) is 6.05. The fourth-order valence-corrected chi connectivity index (χ4v) is 0.935. The Morgan fingerprint density at radius 2 is 2.12 bits per heavy atom. The number of nitrogens with two attached hydrogens (primary N) is 1. The summed E-state index contributed by atoms with van der Waals surface area (Å²) in [5, 5.41) is 9.07. The first-order valence-corrected chi connectivity index (χ1v) is 2.99. The summed E-state index contributed by atoms with van der Waals surface area (Å²) < 4.78 is 0. The van der Waals surface area contributed by atoms with E-state index in [4.69, 9.17) is 10.8 Å². The minimum atomic E-state index is -0.169. The lowest BCUT2D eigenvalue weighted by molar-refractivity contribution is -0.0585. The molecule has 0 heterocycles. The lowest BCUT2D eigenvalue weighted by Crippen LogP contribution is -2.57. The Kier molecular flexibility index (Phi) is 1.10. The van der Waals surface area contributed by atoms with Crippen molar-refractivity contribution in [3.8, 4) is 0 Å². The predicted molar refractivity (Wildman–Crippen MR) is 32.4 cm³/mol. The number of aliphatic hydroxyl groups excluding tert-OH is 1. The number of aliphatic hydroxyl groups is 1. The zero-order valence-electron chi connectivity index (χ0n) is 5.39. The molecule has 0 radical (unpaired) electrons. The molecule has 0 amide bonds. The van der Waals surface area contributed by atoms with Crippen LogP contribution in [0.15, 0.2) is 0 Å². The Balaban J connectivity index is 2.52. The molecule has 0 unspecified atom stereocenters. The van der Waals surface area contributed by atoms with Gasteiger partial charge in [0, 0.05) is 11.5 Å². The molecule has 0 aliphatic heterocycles. The molecule has 0 aromatic heterocycles.